The molecule has 0 saturated carbocycles. The first-order valence-electron chi connectivity index (χ1n) is 11.6. The van der Waals surface area contributed by atoms with Crippen molar-refractivity contribution in [2.45, 2.75) is 46.1 Å². The summed E-state index contributed by atoms with van der Waals surface area (Å²) < 4.78 is 10.9. The molecule has 1 unspecified atom stereocenters. The van der Waals surface area contributed by atoms with Gasteiger partial charge in [0.15, 0.2) is 11.5 Å². The second-order valence-electron chi connectivity index (χ2n) is 8.29. The predicted molar refractivity (Wildman–Crippen MR) is 129 cm³/mol. The Morgan fingerprint density at radius 3 is 2.59 bits per heavy atom. The van der Waals surface area contributed by atoms with E-state index < -0.39 is 6.04 Å². The Hall–Kier alpha value is -3.81. The molecule has 0 bridgehead atoms. The van der Waals surface area contributed by atoms with Gasteiger partial charge in [0.2, 0.25) is 5.82 Å². The molecular formula is C26H30N4O4. The molecular weight excluding hydrogens is 432 g/mol. The summed E-state index contributed by atoms with van der Waals surface area (Å²) in [7, 11) is 1.49. The van der Waals surface area contributed by atoms with Gasteiger partial charge in [0.05, 0.1) is 18.7 Å². The average Bonchev–Trinajstić information content (AvgIpc) is 3.33. The Morgan fingerprint density at radius 2 is 1.94 bits per heavy atom. The third-order valence-corrected chi connectivity index (χ3v) is 6.14. The fourth-order valence-electron chi connectivity index (χ4n) is 4.12. The van der Waals surface area contributed by atoms with Crippen LogP contribution in [-0.2, 0) is 6.42 Å². The summed E-state index contributed by atoms with van der Waals surface area (Å²) in [5, 5.41) is 17.6. The topological polar surface area (TPSA) is 101 Å². The van der Waals surface area contributed by atoms with Crippen LogP contribution in [0.25, 0.3) is 17.0 Å². The summed E-state index contributed by atoms with van der Waals surface area (Å²) in [6, 6.07) is 12.3. The Balaban J connectivity index is 1.78. The number of phenolic OH excluding ortho intramolecular Hbond substituents is 1. The molecule has 8 nitrogen and oxygen atoms in total. The highest BCUT2D eigenvalue weighted by Gasteiger charge is 2.35. The highest BCUT2D eigenvalue weighted by Crippen LogP contribution is 2.39. The van der Waals surface area contributed by atoms with Crippen molar-refractivity contribution in [3.8, 4) is 22.9 Å². The van der Waals surface area contributed by atoms with Crippen molar-refractivity contribution in [1.82, 2.24) is 20.4 Å². The summed E-state index contributed by atoms with van der Waals surface area (Å²) in [5.74, 6) is 1.15. The van der Waals surface area contributed by atoms with Crippen LogP contribution >= 0.6 is 0 Å². The lowest BCUT2D eigenvalue weighted by Gasteiger charge is -2.35. The Bertz CT molecular complexity index is 1200. The van der Waals surface area contributed by atoms with Crippen LogP contribution in [0, 0.1) is 0 Å². The Labute approximate surface area is 199 Å². The molecule has 8 heteroatoms. The van der Waals surface area contributed by atoms with Crippen molar-refractivity contribution in [3.05, 3.63) is 65.2 Å². The molecule has 1 aliphatic heterocycles. The van der Waals surface area contributed by atoms with E-state index in [4.69, 9.17) is 9.26 Å². The molecule has 2 N–H and O–H groups in total. The molecule has 2 amide bonds. The van der Waals surface area contributed by atoms with Gasteiger partial charge in [0, 0.05) is 17.8 Å². The number of aryl methyl sites for hydroxylation is 1. The first kappa shape index (κ1) is 23.4. The lowest BCUT2D eigenvalue weighted by atomic mass is 9.94. The van der Waals surface area contributed by atoms with Crippen molar-refractivity contribution in [2.75, 3.05) is 13.7 Å². The molecule has 34 heavy (non-hydrogen) atoms. The number of rotatable bonds is 8. The first-order valence-corrected chi connectivity index (χ1v) is 11.6. The van der Waals surface area contributed by atoms with Crippen LogP contribution in [0.5, 0.6) is 11.5 Å². The molecule has 0 fully saturated rings. The minimum atomic E-state index is -0.571. The van der Waals surface area contributed by atoms with E-state index in [-0.39, 0.29) is 11.8 Å². The van der Waals surface area contributed by atoms with Gasteiger partial charge in [-0.15, -0.1) is 0 Å². The smallest absolute Gasteiger partial charge is 0.322 e. The maximum absolute atomic E-state index is 13.0. The number of allylic oxidation sites excluding steroid dienone is 1. The van der Waals surface area contributed by atoms with Gasteiger partial charge >= 0.3 is 6.03 Å². The van der Waals surface area contributed by atoms with Crippen molar-refractivity contribution < 1.29 is 19.2 Å². The molecule has 4 rings (SSSR count). The van der Waals surface area contributed by atoms with Gasteiger partial charge in [-0.1, -0.05) is 55.8 Å². The summed E-state index contributed by atoms with van der Waals surface area (Å²) in [6.07, 6.45) is 2.78. The van der Waals surface area contributed by atoms with E-state index in [0.717, 1.165) is 30.5 Å². The molecule has 1 aromatic heterocycles. The zero-order valence-electron chi connectivity index (χ0n) is 20.0. The van der Waals surface area contributed by atoms with E-state index in [2.05, 4.69) is 29.3 Å². The SMILES string of the molecule is CCCCN1C(=O)NC(c2ccc(OC)c(O)c2)C(c2nc(-c3ccc(CC)cc3)no2)=C1C. The Kier molecular flexibility index (Phi) is 6.86. The lowest BCUT2D eigenvalue weighted by Crippen LogP contribution is -2.46. The highest BCUT2D eigenvalue weighted by atomic mass is 16.5. The Morgan fingerprint density at radius 1 is 1.18 bits per heavy atom. The molecule has 0 radical (unpaired) electrons. The van der Waals surface area contributed by atoms with Crippen LogP contribution in [0.2, 0.25) is 0 Å². The zero-order valence-corrected chi connectivity index (χ0v) is 20.0. The van der Waals surface area contributed by atoms with E-state index in [9.17, 15) is 9.90 Å². The average molecular weight is 463 g/mol. The summed E-state index contributed by atoms with van der Waals surface area (Å²) in [4.78, 5) is 19.4. The number of nitrogens with one attached hydrogen (secondary N) is 1. The molecule has 1 atom stereocenters. The van der Waals surface area contributed by atoms with Crippen LogP contribution in [-0.4, -0.2) is 39.8 Å². The van der Waals surface area contributed by atoms with Gasteiger partial charge in [-0.3, -0.25) is 4.90 Å². The highest BCUT2D eigenvalue weighted by molar-refractivity contribution is 5.87. The predicted octanol–water partition coefficient (Wildman–Crippen LogP) is 5.31. The number of aromatic nitrogens is 2. The zero-order chi connectivity index (χ0) is 24.2. The largest absolute Gasteiger partial charge is 0.504 e. The number of ether oxygens (including phenoxy) is 1. The van der Waals surface area contributed by atoms with Crippen molar-refractivity contribution in [2.24, 2.45) is 0 Å². The minimum Gasteiger partial charge on any atom is -0.504 e. The number of nitrogens with zero attached hydrogens (tertiary/aromatic N) is 3. The molecule has 3 aromatic rings. The molecule has 0 spiro atoms. The molecule has 0 aliphatic carbocycles. The summed E-state index contributed by atoms with van der Waals surface area (Å²) in [5.41, 5.74) is 4.21. The number of benzene rings is 2. The number of amides is 2. The van der Waals surface area contributed by atoms with E-state index in [1.807, 2.05) is 31.2 Å². The van der Waals surface area contributed by atoms with E-state index in [1.165, 1.54) is 12.7 Å². The fourth-order valence-corrected chi connectivity index (χ4v) is 4.12. The van der Waals surface area contributed by atoms with Crippen LogP contribution in [0.3, 0.4) is 0 Å². The van der Waals surface area contributed by atoms with Crippen LogP contribution in [0.1, 0.15) is 56.7 Å². The molecule has 2 aromatic carbocycles. The molecule has 178 valence electrons. The third kappa shape index (κ3) is 4.48. The number of hydrogen-bond acceptors (Lipinski definition) is 6. The number of urea groups is 1. The maximum atomic E-state index is 13.0. The number of phenols is 1. The first-order chi connectivity index (χ1) is 16.5. The quantitative estimate of drug-likeness (QED) is 0.470. The maximum Gasteiger partial charge on any atom is 0.322 e. The van der Waals surface area contributed by atoms with Gasteiger partial charge in [-0.05, 0) is 43.0 Å². The van der Waals surface area contributed by atoms with Gasteiger partial charge in [0.1, 0.15) is 0 Å². The third-order valence-electron chi connectivity index (χ3n) is 6.14. The summed E-state index contributed by atoms with van der Waals surface area (Å²) >= 11 is 0. The fraction of sp³-hybridized carbons (Fsp3) is 0.346. The van der Waals surface area contributed by atoms with Crippen LogP contribution < -0.4 is 10.1 Å². The number of carbonyl (C=O) groups is 1. The number of carbonyl (C=O) groups excluding carboxylic acids is 1. The number of aromatic hydroxyl groups is 1. The normalized spacial score (nSPS) is 16.1. The van der Waals surface area contributed by atoms with Crippen LogP contribution in [0.15, 0.2) is 52.7 Å². The van der Waals surface area contributed by atoms with Crippen molar-refractivity contribution in [1.29, 1.82) is 0 Å². The number of methoxy groups -OCH3 is 1. The van der Waals surface area contributed by atoms with E-state index in [0.29, 0.717) is 35.1 Å². The standard InChI is InChI=1S/C26H30N4O4/c1-5-7-14-30-16(3)22(23(27-26(30)32)19-12-13-21(33-4)20(31)15-19)25-28-24(29-34-25)18-10-8-17(6-2)9-11-18/h8-13,15,23,31H,5-7,14H2,1-4H3,(H,27,32). The second kappa shape index (κ2) is 9.99. The van der Waals surface area contributed by atoms with E-state index in [1.54, 1.807) is 23.1 Å². The van der Waals surface area contributed by atoms with E-state index >= 15 is 0 Å². The van der Waals surface area contributed by atoms with Gasteiger partial charge in [0.25, 0.3) is 5.89 Å². The molecule has 2 heterocycles. The number of unbranched alkanes of at least 4 members (excludes halogenated alkanes) is 1. The van der Waals surface area contributed by atoms with Gasteiger partial charge in [-0.2, -0.15) is 4.98 Å². The van der Waals surface area contributed by atoms with Gasteiger partial charge in [-0.25, -0.2) is 4.79 Å². The van der Waals surface area contributed by atoms with Gasteiger partial charge < -0.3 is 19.7 Å². The summed E-state index contributed by atoms with van der Waals surface area (Å²) in [6.45, 7) is 6.66. The second-order valence-corrected chi connectivity index (χ2v) is 8.29. The minimum absolute atomic E-state index is 0.0121. The molecule has 0 saturated heterocycles. The van der Waals surface area contributed by atoms with Crippen molar-refractivity contribution in [3.63, 3.8) is 0 Å². The lowest BCUT2D eigenvalue weighted by molar-refractivity contribution is 0.204. The van der Waals surface area contributed by atoms with Crippen LogP contribution in [0.4, 0.5) is 4.79 Å². The number of hydrogen-bond donors (Lipinski definition) is 2. The monoisotopic (exact) mass is 462 g/mol. The van der Waals surface area contributed by atoms with Crippen molar-refractivity contribution >= 4 is 11.6 Å². The molecule has 1 aliphatic rings.